The summed E-state index contributed by atoms with van der Waals surface area (Å²) in [5, 5.41) is 15.8. The van der Waals surface area contributed by atoms with E-state index in [1.165, 1.54) is 19.2 Å². The fraction of sp³-hybridized carbons (Fsp3) is 0.385. The van der Waals surface area contributed by atoms with E-state index in [0.29, 0.717) is 11.6 Å². The van der Waals surface area contributed by atoms with Gasteiger partial charge in [0.2, 0.25) is 0 Å². The van der Waals surface area contributed by atoms with Crippen molar-refractivity contribution in [3.63, 3.8) is 0 Å². The predicted octanol–water partition coefficient (Wildman–Crippen LogP) is 1.75. The van der Waals surface area contributed by atoms with Gasteiger partial charge in [-0.25, -0.2) is 4.39 Å². The molecule has 2 N–H and O–H groups in total. The molecule has 0 radical (unpaired) electrons. The lowest BCUT2D eigenvalue weighted by Crippen LogP contribution is -2.45. The third kappa shape index (κ3) is 2.81. The maximum absolute atomic E-state index is 13.3. The Labute approximate surface area is 116 Å². The maximum atomic E-state index is 13.3. The van der Waals surface area contributed by atoms with E-state index in [1.807, 2.05) is 13.0 Å². The lowest BCUT2D eigenvalue weighted by atomic mass is 10.1. The predicted molar refractivity (Wildman–Crippen MR) is 71.3 cm³/mol. The number of methoxy groups -OCH3 is 1. The van der Waals surface area contributed by atoms with Crippen LogP contribution in [0.25, 0.3) is 0 Å². The average Bonchev–Trinajstić information content (AvgIpc) is 2.94. The number of halogens is 1. The number of hydrogen-bond donors (Lipinski definition) is 2. The van der Waals surface area contributed by atoms with Crippen LogP contribution in [-0.4, -0.2) is 25.1 Å². The number of rotatable bonds is 4. The van der Waals surface area contributed by atoms with Crippen molar-refractivity contribution in [2.45, 2.75) is 25.4 Å². The van der Waals surface area contributed by atoms with Gasteiger partial charge < -0.3 is 10.1 Å². The molecule has 0 saturated heterocycles. The molecule has 6 nitrogen and oxygen atoms in total. The van der Waals surface area contributed by atoms with Gasteiger partial charge in [0, 0.05) is 5.69 Å². The molecular weight excluding hydrogens is 263 g/mol. The normalized spacial score (nSPS) is 18.7. The van der Waals surface area contributed by atoms with Crippen molar-refractivity contribution in [1.29, 1.82) is 5.26 Å². The molecule has 1 aromatic carbocycles. The highest BCUT2D eigenvalue weighted by molar-refractivity contribution is 5.83. The van der Waals surface area contributed by atoms with Gasteiger partial charge in [0.25, 0.3) is 5.90 Å². The van der Waals surface area contributed by atoms with Gasteiger partial charge in [0.1, 0.15) is 17.9 Å². The van der Waals surface area contributed by atoms with Gasteiger partial charge in [-0.2, -0.15) is 5.26 Å². The fourth-order valence-electron chi connectivity index (χ4n) is 1.99. The molecule has 0 amide bonds. The molecule has 1 aliphatic rings. The number of nitrogens with zero attached hydrogens (tertiary/aromatic N) is 2. The molecule has 0 aliphatic carbocycles. The minimum atomic E-state index is -0.535. The van der Waals surface area contributed by atoms with Crippen molar-refractivity contribution in [1.82, 2.24) is 5.48 Å². The van der Waals surface area contributed by atoms with Gasteiger partial charge in [-0.15, -0.1) is 5.48 Å². The molecular formula is C13H15FN4O2. The minimum absolute atomic E-state index is 0.00103. The monoisotopic (exact) mass is 278 g/mol. The zero-order valence-corrected chi connectivity index (χ0v) is 11.2. The Morgan fingerprint density at radius 3 is 3.10 bits per heavy atom. The van der Waals surface area contributed by atoms with E-state index in [0.717, 1.165) is 6.42 Å². The number of nitrogens with one attached hydrogen (secondary N) is 2. The van der Waals surface area contributed by atoms with Gasteiger partial charge in [-0.05, 0) is 29.8 Å². The van der Waals surface area contributed by atoms with Crippen LogP contribution >= 0.6 is 0 Å². The maximum Gasteiger partial charge on any atom is 0.250 e. The first-order valence-electron chi connectivity index (χ1n) is 6.19. The SMILES string of the molecule is CC[C@H](Nc1ccc(F)c(C#N)c1)C1NON=C1OC. The van der Waals surface area contributed by atoms with Crippen LogP contribution in [0.15, 0.2) is 23.4 Å². The van der Waals surface area contributed by atoms with E-state index in [4.69, 9.17) is 14.9 Å². The number of nitriles is 1. The summed E-state index contributed by atoms with van der Waals surface area (Å²) in [4.78, 5) is 4.81. The summed E-state index contributed by atoms with van der Waals surface area (Å²) in [6, 6.07) is 5.80. The molecule has 0 aromatic heterocycles. The largest absolute Gasteiger partial charge is 0.481 e. The van der Waals surface area contributed by atoms with E-state index in [2.05, 4.69) is 16.0 Å². The third-order valence-corrected chi connectivity index (χ3v) is 3.07. The zero-order chi connectivity index (χ0) is 14.5. The summed E-state index contributed by atoms with van der Waals surface area (Å²) in [6.45, 7) is 1.99. The summed E-state index contributed by atoms with van der Waals surface area (Å²) >= 11 is 0. The molecule has 0 bridgehead atoms. The first-order valence-corrected chi connectivity index (χ1v) is 6.19. The van der Waals surface area contributed by atoms with Crippen molar-refractivity contribution < 1.29 is 14.1 Å². The minimum Gasteiger partial charge on any atom is -0.481 e. The Kier molecular flexibility index (Phi) is 4.38. The molecule has 2 atom stereocenters. The molecule has 106 valence electrons. The molecule has 1 heterocycles. The third-order valence-electron chi connectivity index (χ3n) is 3.07. The Balaban J connectivity index is 2.15. The molecule has 0 fully saturated rings. The van der Waals surface area contributed by atoms with Crippen molar-refractivity contribution in [3.05, 3.63) is 29.6 Å². The molecule has 7 heteroatoms. The number of anilines is 1. The number of oxime groups is 1. The Morgan fingerprint density at radius 2 is 2.45 bits per heavy atom. The second-order valence-electron chi connectivity index (χ2n) is 4.29. The van der Waals surface area contributed by atoms with Gasteiger partial charge >= 0.3 is 0 Å². The van der Waals surface area contributed by atoms with Gasteiger partial charge in [0.15, 0.2) is 0 Å². The molecule has 1 unspecified atom stereocenters. The molecule has 1 aliphatic heterocycles. The summed E-state index contributed by atoms with van der Waals surface area (Å²) < 4.78 is 18.4. The quantitative estimate of drug-likeness (QED) is 0.877. The topological polar surface area (TPSA) is 78.7 Å². The van der Waals surface area contributed by atoms with Crippen LogP contribution < -0.4 is 10.8 Å². The number of hydroxylamine groups is 1. The molecule has 20 heavy (non-hydrogen) atoms. The summed E-state index contributed by atoms with van der Waals surface area (Å²) in [5.41, 5.74) is 3.39. The average molecular weight is 278 g/mol. The van der Waals surface area contributed by atoms with E-state index in [-0.39, 0.29) is 17.6 Å². The Hall–Kier alpha value is -2.33. The second-order valence-corrected chi connectivity index (χ2v) is 4.29. The van der Waals surface area contributed by atoms with E-state index >= 15 is 0 Å². The smallest absolute Gasteiger partial charge is 0.250 e. The van der Waals surface area contributed by atoms with Crippen LogP contribution in [0, 0.1) is 17.1 Å². The number of benzene rings is 1. The Morgan fingerprint density at radius 1 is 1.65 bits per heavy atom. The molecule has 0 spiro atoms. The van der Waals surface area contributed by atoms with Gasteiger partial charge in [-0.1, -0.05) is 6.92 Å². The highest BCUT2D eigenvalue weighted by Crippen LogP contribution is 2.18. The first-order chi connectivity index (χ1) is 9.69. The number of ether oxygens (including phenoxy) is 1. The van der Waals surface area contributed by atoms with Crippen LogP contribution in [0.2, 0.25) is 0 Å². The van der Waals surface area contributed by atoms with Crippen LogP contribution in [0.4, 0.5) is 10.1 Å². The highest BCUT2D eigenvalue weighted by atomic mass is 19.1. The highest BCUT2D eigenvalue weighted by Gasteiger charge is 2.31. The van der Waals surface area contributed by atoms with Gasteiger partial charge in [0.05, 0.1) is 18.7 Å². The second kappa shape index (κ2) is 6.21. The van der Waals surface area contributed by atoms with E-state index < -0.39 is 5.82 Å². The lowest BCUT2D eigenvalue weighted by Gasteiger charge is -2.23. The van der Waals surface area contributed by atoms with Gasteiger partial charge in [-0.3, -0.25) is 4.94 Å². The van der Waals surface area contributed by atoms with Crippen LogP contribution in [0.5, 0.6) is 0 Å². The Bertz CT molecular complexity index is 556. The van der Waals surface area contributed by atoms with Crippen molar-refractivity contribution in [3.8, 4) is 6.07 Å². The van der Waals surface area contributed by atoms with Crippen LogP contribution in [0.1, 0.15) is 18.9 Å². The zero-order valence-electron chi connectivity index (χ0n) is 11.2. The van der Waals surface area contributed by atoms with E-state index in [1.54, 1.807) is 6.07 Å². The number of hydrogen-bond acceptors (Lipinski definition) is 6. The van der Waals surface area contributed by atoms with Crippen molar-refractivity contribution in [2.75, 3.05) is 12.4 Å². The van der Waals surface area contributed by atoms with Crippen LogP contribution in [-0.2, 0) is 9.68 Å². The summed E-state index contributed by atoms with van der Waals surface area (Å²) in [5.74, 6) is -0.0977. The van der Waals surface area contributed by atoms with Crippen molar-refractivity contribution in [2.24, 2.45) is 5.16 Å². The summed E-state index contributed by atoms with van der Waals surface area (Å²) in [6.07, 6.45) is 0.753. The first kappa shape index (κ1) is 14.1. The van der Waals surface area contributed by atoms with Crippen LogP contribution in [0.3, 0.4) is 0 Å². The van der Waals surface area contributed by atoms with Crippen molar-refractivity contribution >= 4 is 11.6 Å². The fourth-order valence-corrected chi connectivity index (χ4v) is 1.99. The molecule has 0 saturated carbocycles. The molecule has 2 rings (SSSR count). The standard InChI is InChI=1S/C13H15FN4O2/c1-3-11(12-13(19-2)18-20-17-12)16-9-4-5-10(14)8(6-9)7-15/h4-6,11-12,16-17H,3H2,1-2H3/t11-,12?/m0/s1. The summed E-state index contributed by atoms with van der Waals surface area (Å²) in [7, 11) is 1.51. The lowest BCUT2D eigenvalue weighted by molar-refractivity contribution is 0.0564. The van der Waals surface area contributed by atoms with E-state index in [9.17, 15) is 4.39 Å². The molecule has 1 aromatic rings.